The lowest BCUT2D eigenvalue weighted by Gasteiger charge is -2.09. The average molecular weight is 238 g/mol. The number of aromatic amines is 1. The van der Waals surface area contributed by atoms with E-state index in [-0.39, 0.29) is 17.3 Å². The number of hydrogen-bond donors (Lipinski definition) is 4. The number of aromatic nitrogens is 2. The standard InChI is InChI=1S/C9H10N4O4/c14-6-2-1-4(11-6)8(15)12-5-3-10-13-7(5)9(16)17/h3-4H,1-2H2,(H,10,13)(H,11,14)(H,12,15)(H,16,17). The molecule has 4 N–H and O–H groups in total. The van der Waals surface area contributed by atoms with Crippen LogP contribution in [0, 0.1) is 0 Å². The Morgan fingerprint density at radius 1 is 1.53 bits per heavy atom. The van der Waals surface area contributed by atoms with E-state index < -0.39 is 17.9 Å². The first-order chi connectivity index (χ1) is 8.08. The fourth-order valence-corrected chi connectivity index (χ4v) is 1.58. The van der Waals surface area contributed by atoms with E-state index in [1.807, 2.05) is 0 Å². The van der Waals surface area contributed by atoms with Crippen LogP contribution in [0.15, 0.2) is 6.20 Å². The van der Waals surface area contributed by atoms with Gasteiger partial charge in [0, 0.05) is 12.6 Å². The maximum absolute atomic E-state index is 11.7. The highest BCUT2D eigenvalue weighted by molar-refractivity contribution is 6.02. The van der Waals surface area contributed by atoms with Gasteiger partial charge in [-0.1, -0.05) is 0 Å². The third-order valence-electron chi connectivity index (χ3n) is 2.41. The second kappa shape index (κ2) is 4.24. The molecule has 0 radical (unpaired) electrons. The number of nitrogens with zero attached hydrogens (tertiary/aromatic N) is 1. The van der Waals surface area contributed by atoms with Crippen LogP contribution in [0.2, 0.25) is 0 Å². The van der Waals surface area contributed by atoms with Crippen molar-refractivity contribution in [3.8, 4) is 0 Å². The van der Waals surface area contributed by atoms with Crippen LogP contribution >= 0.6 is 0 Å². The maximum atomic E-state index is 11.7. The molecule has 1 aromatic heterocycles. The van der Waals surface area contributed by atoms with Gasteiger partial charge >= 0.3 is 5.97 Å². The Morgan fingerprint density at radius 3 is 2.88 bits per heavy atom. The topological polar surface area (TPSA) is 124 Å². The molecule has 8 nitrogen and oxygen atoms in total. The van der Waals surface area contributed by atoms with Crippen molar-refractivity contribution >= 4 is 23.5 Å². The van der Waals surface area contributed by atoms with Crippen molar-refractivity contribution in [1.29, 1.82) is 0 Å². The molecule has 0 spiro atoms. The van der Waals surface area contributed by atoms with Gasteiger partial charge in [0.15, 0.2) is 5.69 Å². The molecule has 8 heteroatoms. The van der Waals surface area contributed by atoms with Gasteiger partial charge in [0.25, 0.3) is 0 Å². The summed E-state index contributed by atoms with van der Waals surface area (Å²) in [6.45, 7) is 0. The first-order valence-corrected chi connectivity index (χ1v) is 4.95. The molecule has 1 fully saturated rings. The van der Waals surface area contributed by atoms with Crippen molar-refractivity contribution < 1.29 is 19.5 Å². The number of H-pyrrole nitrogens is 1. The monoisotopic (exact) mass is 238 g/mol. The lowest BCUT2D eigenvalue weighted by Crippen LogP contribution is -2.37. The van der Waals surface area contributed by atoms with Gasteiger partial charge in [-0.05, 0) is 6.42 Å². The summed E-state index contributed by atoms with van der Waals surface area (Å²) in [5.41, 5.74) is -0.175. The summed E-state index contributed by atoms with van der Waals surface area (Å²) >= 11 is 0. The molecule has 0 aromatic carbocycles. The highest BCUT2D eigenvalue weighted by Gasteiger charge is 2.28. The van der Waals surface area contributed by atoms with Crippen LogP contribution in [-0.2, 0) is 9.59 Å². The zero-order valence-corrected chi connectivity index (χ0v) is 8.69. The van der Waals surface area contributed by atoms with Crippen molar-refractivity contribution in [2.75, 3.05) is 5.32 Å². The van der Waals surface area contributed by atoms with Crippen LogP contribution in [0.3, 0.4) is 0 Å². The Morgan fingerprint density at radius 2 is 2.29 bits per heavy atom. The van der Waals surface area contributed by atoms with Gasteiger partial charge in [0.05, 0.1) is 5.69 Å². The minimum Gasteiger partial charge on any atom is -0.476 e. The molecule has 1 aliphatic heterocycles. The molecule has 0 bridgehead atoms. The number of hydrogen-bond acceptors (Lipinski definition) is 4. The van der Waals surface area contributed by atoms with Gasteiger partial charge in [0.2, 0.25) is 11.8 Å². The number of carbonyl (C=O) groups is 3. The molecular formula is C9H10N4O4. The fraction of sp³-hybridized carbons (Fsp3) is 0.333. The molecule has 0 saturated carbocycles. The molecule has 1 aliphatic rings. The molecule has 2 amide bonds. The molecule has 17 heavy (non-hydrogen) atoms. The molecule has 0 aliphatic carbocycles. The quantitative estimate of drug-likeness (QED) is 0.555. The van der Waals surface area contributed by atoms with Crippen molar-refractivity contribution in [2.24, 2.45) is 0 Å². The van der Waals surface area contributed by atoms with Gasteiger partial charge in [-0.25, -0.2) is 4.79 Å². The lowest BCUT2D eigenvalue weighted by molar-refractivity contribution is -0.122. The van der Waals surface area contributed by atoms with E-state index >= 15 is 0 Å². The SMILES string of the molecule is O=C1CCC(C(=O)Nc2c[nH]nc2C(=O)O)N1. The van der Waals surface area contributed by atoms with Gasteiger partial charge < -0.3 is 15.7 Å². The van der Waals surface area contributed by atoms with Crippen LogP contribution in [0.5, 0.6) is 0 Å². The summed E-state index contributed by atoms with van der Waals surface area (Å²) in [7, 11) is 0. The number of carboxylic acid groups (broad SMARTS) is 1. The van der Waals surface area contributed by atoms with Crippen molar-refractivity contribution in [3.05, 3.63) is 11.9 Å². The van der Waals surface area contributed by atoms with Crippen LogP contribution < -0.4 is 10.6 Å². The highest BCUT2D eigenvalue weighted by atomic mass is 16.4. The van der Waals surface area contributed by atoms with Crippen LogP contribution in [0.1, 0.15) is 23.3 Å². The summed E-state index contributed by atoms with van der Waals surface area (Å²) in [5, 5.41) is 19.5. The second-order valence-electron chi connectivity index (χ2n) is 3.60. The normalized spacial score (nSPS) is 18.8. The van der Waals surface area contributed by atoms with Gasteiger partial charge in [0.1, 0.15) is 6.04 Å². The third kappa shape index (κ3) is 2.25. The van der Waals surface area contributed by atoms with Crippen LogP contribution in [0.4, 0.5) is 5.69 Å². The maximum Gasteiger partial charge on any atom is 0.358 e. The average Bonchev–Trinajstić information content (AvgIpc) is 2.86. The lowest BCUT2D eigenvalue weighted by atomic mass is 10.2. The zero-order valence-electron chi connectivity index (χ0n) is 8.69. The molecule has 1 saturated heterocycles. The Kier molecular flexibility index (Phi) is 2.77. The summed E-state index contributed by atoms with van der Waals surface area (Å²) in [6.07, 6.45) is 1.98. The van der Waals surface area contributed by atoms with Crippen molar-refractivity contribution in [3.63, 3.8) is 0 Å². The molecule has 1 atom stereocenters. The van der Waals surface area contributed by atoms with E-state index in [1.54, 1.807) is 0 Å². The predicted octanol–water partition coefficient (Wildman–Crippen LogP) is -0.675. The number of anilines is 1. The molecular weight excluding hydrogens is 228 g/mol. The smallest absolute Gasteiger partial charge is 0.358 e. The number of rotatable bonds is 3. The third-order valence-corrected chi connectivity index (χ3v) is 2.41. The molecule has 2 rings (SSSR count). The van der Waals surface area contributed by atoms with E-state index in [1.165, 1.54) is 6.20 Å². The molecule has 2 heterocycles. The predicted molar refractivity (Wildman–Crippen MR) is 55.3 cm³/mol. The largest absolute Gasteiger partial charge is 0.476 e. The second-order valence-corrected chi connectivity index (χ2v) is 3.60. The first-order valence-electron chi connectivity index (χ1n) is 4.95. The van der Waals surface area contributed by atoms with Crippen LogP contribution in [-0.4, -0.2) is 39.1 Å². The summed E-state index contributed by atoms with van der Waals surface area (Å²) in [6, 6.07) is -0.612. The Balaban J connectivity index is 2.05. The summed E-state index contributed by atoms with van der Waals surface area (Å²) in [5.74, 6) is -1.87. The number of aromatic carboxylic acids is 1. The minimum atomic E-state index is -1.24. The van der Waals surface area contributed by atoms with E-state index in [4.69, 9.17) is 5.11 Å². The van der Waals surface area contributed by atoms with Gasteiger partial charge in [-0.3, -0.25) is 14.7 Å². The Labute approximate surface area is 95.4 Å². The number of carbonyl (C=O) groups excluding carboxylic acids is 2. The molecule has 1 unspecified atom stereocenters. The van der Waals surface area contributed by atoms with Crippen molar-refractivity contribution in [2.45, 2.75) is 18.9 Å². The summed E-state index contributed by atoms with van der Waals surface area (Å²) in [4.78, 5) is 33.3. The number of amides is 2. The zero-order chi connectivity index (χ0) is 12.4. The van der Waals surface area contributed by atoms with E-state index in [0.717, 1.165) is 0 Å². The molecule has 90 valence electrons. The summed E-state index contributed by atoms with van der Waals surface area (Å²) < 4.78 is 0. The molecule has 1 aromatic rings. The Bertz CT molecular complexity index is 481. The van der Waals surface area contributed by atoms with E-state index in [9.17, 15) is 14.4 Å². The van der Waals surface area contributed by atoms with Crippen molar-refractivity contribution in [1.82, 2.24) is 15.5 Å². The number of carboxylic acids is 1. The first kappa shape index (κ1) is 11.1. The fourth-order valence-electron chi connectivity index (χ4n) is 1.58. The number of nitrogens with one attached hydrogen (secondary N) is 3. The van der Waals surface area contributed by atoms with Crippen LogP contribution in [0.25, 0.3) is 0 Å². The highest BCUT2D eigenvalue weighted by Crippen LogP contribution is 2.14. The van der Waals surface area contributed by atoms with E-state index in [0.29, 0.717) is 12.8 Å². The Hall–Kier alpha value is -2.38. The van der Waals surface area contributed by atoms with Gasteiger partial charge in [-0.15, -0.1) is 0 Å². The minimum absolute atomic E-state index is 0.0867. The van der Waals surface area contributed by atoms with Gasteiger partial charge in [-0.2, -0.15) is 5.10 Å². The van der Waals surface area contributed by atoms with E-state index in [2.05, 4.69) is 20.8 Å².